The summed E-state index contributed by atoms with van der Waals surface area (Å²) in [7, 11) is 0. The Kier molecular flexibility index (Phi) is 10.2. The number of carbonyl (C=O) groups excluding carboxylic acids is 1. The van der Waals surface area contributed by atoms with E-state index in [1.807, 2.05) is 6.07 Å². The van der Waals surface area contributed by atoms with Gasteiger partial charge in [0.2, 0.25) is 5.88 Å². The Morgan fingerprint density at radius 3 is 2.53 bits per heavy atom. The predicted octanol–water partition coefficient (Wildman–Crippen LogP) is 2.81. The number of nitriles is 1. The second kappa shape index (κ2) is 12.3. The third-order valence-electron chi connectivity index (χ3n) is 2.96. The molecule has 0 aliphatic rings. The number of alkyl carbamates (subject to hydrolysis) is 1. The minimum Gasteiger partial charge on any atom is -0.475 e. The highest BCUT2D eigenvalue weighted by atomic mass is 35.5. The minimum atomic E-state index is -0.691. The summed E-state index contributed by atoms with van der Waals surface area (Å²) in [5.74, 6) is 5.08. The summed E-state index contributed by atoms with van der Waals surface area (Å²) in [4.78, 5) is 23.6. The normalized spacial score (nSPS) is 10.1. The molecule has 0 aliphatic heterocycles. The molecule has 2 aromatic heterocycles. The molecule has 10 nitrogen and oxygen atoms in total. The molecule has 11 heteroatoms. The molecule has 0 saturated carbocycles. The monoisotopic (exact) mass is 434 g/mol. The topological polar surface area (TPSA) is 156 Å². The van der Waals surface area contributed by atoms with Gasteiger partial charge in [0.05, 0.1) is 11.6 Å². The Hall–Kier alpha value is -3.26. The lowest BCUT2D eigenvalue weighted by Crippen LogP contribution is -2.36. The Bertz CT molecular complexity index is 895. The van der Waals surface area contributed by atoms with E-state index in [1.54, 1.807) is 32.9 Å². The van der Waals surface area contributed by atoms with Crippen LogP contribution >= 0.6 is 11.6 Å². The Labute approximate surface area is 179 Å². The van der Waals surface area contributed by atoms with Gasteiger partial charge in [-0.15, -0.1) is 0 Å². The fourth-order valence-corrected chi connectivity index (χ4v) is 1.96. The fourth-order valence-electron chi connectivity index (χ4n) is 1.79. The zero-order valence-electron chi connectivity index (χ0n) is 16.8. The van der Waals surface area contributed by atoms with Crippen molar-refractivity contribution >= 4 is 23.5 Å². The van der Waals surface area contributed by atoms with Crippen LogP contribution in [-0.4, -0.2) is 40.7 Å². The van der Waals surface area contributed by atoms with Gasteiger partial charge in [0, 0.05) is 24.0 Å². The van der Waals surface area contributed by atoms with E-state index in [2.05, 4.69) is 20.1 Å². The number of amidine groups is 1. The summed E-state index contributed by atoms with van der Waals surface area (Å²) in [6.45, 7) is 5.69. The lowest BCUT2D eigenvalue weighted by atomic mass is 10.2. The van der Waals surface area contributed by atoms with E-state index in [0.29, 0.717) is 22.2 Å². The summed E-state index contributed by atoms with van der Waals surface area (Å²) < 4.78 is 10.3. The van der Waals surface area contributed by atoms with Gasteiger partial charge in [-0.3, -0.25) is 10.7 Å². The molecule has 0 atom stereocenters. The van der Waals surface area contributed by atoms with E-state index in [1.165, 1.54) is 24.5 Å². The van der Waals surface area contributed by atoms with Crippen LogP contribution in [-0.2, 0) is 9.57 Å². The van der Waals surface area contributed by atoms with Crippen molar-refractivity contribution in [1.82, 2.24) is 15.3 Å². The first kappa shape index (κ1) is 24.8. The maximum Gasteiger partial charge on any atom is 0.413 e. The van der Waals surface area contributed by atoms with Crippen molar-refractivity contribution in [3.8, 4) is 11.9 Å². The van der Waals surface area contributed by atoms with Crippen LogP contribution in [0.25, 0.3) is 0 Å². The van der Waals surface area contributed by atoms with Gasteiger partial charge in [0.1, 0.15) is 29.8 Å². The van der Waals surface area contributed by atoms with Crippen LogP contribution in [0.1, 0.15) is 31.9 Å². The van der Waals surface area contributed by atoms with E-state index in [4.69, 9.17) is 37.6 Å². The number of pyridine rings is 2. The summed E-state index contributed by atoms with van der Waals surface area (Å²) in [5, 5.41) is 18.9. The molecular formula is C19H23ClN6O4. The largest absolute Gasteiger partial charge is 0.475 e. The lowest BCUT2D eigenvalue weighted by Gasteiger charge is -2.19. The van der Waals surface area contributed by atoms with Crippen molar-refractivity contribution in [1.29, 1.82) is 10.7 Å². The van der Waals surface area contributed by atoms with Crippen LogP contribution in [0, 0.1) is 16.7 Å². The minimum absolute atomic E-state index is 0.105. The van der Waals surface area contributed by atoms with Crippen molar-refractivity contribution in [3.63, 3.8) is 0 Å². The molecule has 2 aromatic rings. The SMILES string of the molecule is CC(C)(C)OC(=O)NC(=N)c1ccnc(OCCON)c1.N#Cc1ccnc(Cl)c1. The van der Waals surface area contributed by atoms with E-state index in [-0.39, 0.29) is 19.0 Å². The van der Waals surface area contributed by atoms with Gasteiger partial charge in [-0.1, -0.05) is 11.6 Å². The molecule has 1 amide bonds. The van der Waals surface area contributed by atoms with Crippen LogP contribution < -0.4 is 16.0 Å². The van der Waals surface area contributed by atoms with E-state index in [9.17, 15) is 4.79 Å². The molecule has 0 aromatic carbocycles. The van der Waals surface area contributed by atoms with E-state index < -0.39 is 11.7 Å². The van der Waals surface area contributed by atoms with Gasteiger partial charge >= 0.3 is 6.09 Å². The zero-order chi connectivity index (χ0) is 22.6. The number of halogens is 1. The summed E-state index contributed by atoms with van der Waals surface area (Å²) >= 11 is 5.46. The number of hydrogen-bond acceptors (Lipinski definition) is 9. The smallest absolute Gasteiger partial charge is 0.413 e. The van der Waals surface area contributed by atoms with Gasteiger partial charge in [0.25, 0.3) is 0 Å². The van der Waals surface area contributed by atoms with E-state index in [0.717, 1.165) is 0 Å². The maximum absolute atomic E-state index is 11.6. The van der Waals surface area contributed by atoms with Gasteiger partial charge in [-0.05, 0) is 39.0 Å². The molecule has 0 saturated heterocycles. The average Bonchev–Trinajstić information content (AvgIpc) is 2.67. The number of hydrogen-bond donors (Lipinski definition) is 3. The third kappa shape index (κ3) is 10.3. The quantitative estimate of drug-likeness (QED) is 0.213. The van der Waals surface area contributed by atoms with Gasteiger partial charge in [0.15, 0.2) is 0 Å². The van der Waals surface area contributed by atoms with Gasteiger partial charge in [-0.2, -0.15) is 5.26 Å². The second-order valence-electron chi connectivity index (χ2n) is 6.58. The molecular weight excluding hydrogens is 412 g/mol. The van der Waals surface area contributed by atoms with Crippen LogP contribution in [0.15, 0.2) is 36.7 Å². The highest BCUT2D eigenvalue weighted by Gasteiger charge is 2.17. The number of ether oxygens (including phenoxy) is 2. The predicted molar refractivity (Wildman–Crippen MR) is 110 cm³/mol. The molecule has 0 aliphatic carbocycles. The average molecular weight is 435 g/mol. The van der Waals surface area contributed by atoms with Crippen molar-refractivity contribution in [2.75, 3.05) is 13.2 Å². The van der Waals surface area contributed by atoms with Crippen LogP contribution in [0.2, 0.25) is 5.15 Å². The van der Waals surface area contributed by atoms with Crippen molar-refractivity contribution in [2.24, 2.45) is 5.90 Å². The first-order chi connectivity index (χ1) is 14.1. The fraction of sp³-hybridized carbons (Fsp3) is 0.316. The first-order valence-electron chi connectivity index (χ1n) is 8.65. The number of amides is 1. The molecule has 0 bridgehead atoms. The highest BCUT2D eigenvalue weighted by Crippen LogP contribution is 2.10. The zero-order valence-corrected chi connectivity index (χ0v) is 17.6. The number of rotatable bonds is 5. The van der Waals surface area contributed by atoms with Crippen molar-refractivity contribution in [2.45, 2.75) is 26.4 Å². The maximum atomic E-state index is 11.6. The molecule has 2 rings (SSSR count). The standard InChI is InChI=1S/C13H20N4O4.C6H3ClN2/c1-13(2,3)21-12(18)17-11(14)9-4-5-16-10(8-9)19-6-7-20-15;7-6-3-5(4-8)1-2-9-6/h4-5,8H,6-7,15H2,1-3H3,(H2,14,17,18);1-3H. The molecule has 0 radical (unpaired) electrons. The van der Waals surface area contributed by atoms with Gasteiger partial charge in [-0.25, -0.2) is 20.7 Å². The molecule has 0 unspecified atom stereocenters. The van der Waals surface area contributed by atoms with E-state index >= 15 is 0 Å². The Morgan fingerprint density at radius 2 is 1.97 bits per heavy atom. The Morgan fingerprint density at radius 1 is 1.27 bits per heavy atom. The molecule has 160 valence electrons. The number of carbonyl (C=O) groups is 1. The lowest BCUT2D eigenvalue weighted by molar-refractivity contribution is 0.0563. The van der Waals surface area contributed by atoms with Crippen LogP contribution in [0.4, 0.5) is 4.79 Å². The first-order valence-corrected chi connectivity index (χ1v) is 9.03. The molecule has 2 heterocycles. The van der Waals surface area contributed by atoms with Crippen molar-refractivity contribution < 1.29 is 19.1 Å². The van der Waals surface area contributed by atoms with Gasteiger partial charge < -0.3 is 14.3 Å². The Balaban J connectivity index is 0.000000414. The highest BCUT2D eigenvalue weighted by molar-refractivity contribution is 6.29. The molecule has 4 N–H and O–H groups in total. The molecule has 0 spiro atoms. The van der Waals surface area contributed by atoms with Crippen molar-refractivity contribution in [3.05, 3.63) is 52.9 Å². The number of aromatic nitrogens is 2. The number of nitrogens with two attached hydrogens (primary N) is 1. The number of nitrogens with zero attached hydrogens (tertiary/aromatic N) is 3. The molecule has 0 fully saturated rings. The molecule has 30 heavy (non-hydrogen) atoms. The summed E-state index contributed by atoms with van der Waals surface area (Å²) in [6, 6.07) is 8.16. The third-order valence-corrected chi connectivity index (χ3v) is 3.16. The van der Waals surface area contributed by atoms with Crippen LogP contribution in [0.3, 0.4) is 0 Å². The number of nitrogens with one attached hydrogen (secondary N) is 2. The summed E-state index contributed by atoms with van der Waals surface area (Å²) in [6.07, 6.45) is 2.28. The second-order valence-corrected chi connectivity index (χ2v) is 6.97. The summed E-state index contributed by atoms with van der Waals surface area (Å²) in [5.41, 5.74) is 0.355. The van der Waals surface area contributed by atoms with Crippen LogP contribution in [0.5, 0.6) is 5.88 Å².